The van der Waals surface area contributed by atoms with Crippen molar-refractivity contribution in [3.8, 4) is 0 Å². The predicted octanol–water partition coefficient (Wildman–Crippen LogP) is 2.48. The van der Waals surface area contributed by atoms with Gasteiger partial charge in [0.1, 0.15) is 5.15 Å². The van der Waals surface area contributed by atoms with Crippen LogP contribution in [0.3, 0.4) is 0 Å². The molecule has 0 saturated carbocycles. The summed E-state index contributed by atoms with van der Waals surface area (Å²) in [6.07, 6.45) is 0. The second-order valence-electron chi connectivity index (χ2n) is 3.56. The van der Waals surface area contributed by atoms with Gasteiger partial charge in [0.05, 0.1) is 9.82 Å². The van der Waals surface area contributed by atoms with E-state index in [0.29, 0.717) is 0 Å². The molecule has 98 valence electrons. The number of non-ortho nitro benzene ring substituents is 1. The standard InChI is InChI=1S/C11H7ClN2O4S/c12-10-5-2-6-11(13-10)19(17,18)9-4-1-3-8(7-9)14(15)16/h1-7H. The number of sulfone groups is 1. The fourth-order valence-corrected chi connectivity index (χ4v) is 2.89. The molecule has 0 radical (unpaired) electrons. The summed E-state index contributed by atoms with van der Waals surface area (Å²) < 4.78 is 24.4. The number of nitro benzene ring substituents is 1. The number of rotatable bonds is 3. The van der Waals surface area contributed by atoms with Gasteiger partial charge in [0.25, 0.3) is 5.69 Å². The lowest BCUT2D eigenvalue weighted by Gasteiger charge is -2.03. The van der Waals surface area contributed by atoms with Gasteiger partial charge in [-0.15, -0.1) is 0 Å². The first-order valence-electron chi connectivity index (χ1n) is 5.03. The zero-order valence-electron chi connectivity index (χ0n) is 9.36. The van der Waals surface area contributed by atoms with E-state index in [0.717, 1.165) is 6.07 Å². The Morgan fingerprint density at radius 2 is 1.84 bits per heavy atom. The fourth-order valence-electron chi connectivity index (χ4n) is 1.42. The summed E-state index contributed by atoms with van der Waals surface area (Å²) in [6, 6.07) is 8.93. The molecule has 0 N–H and O–H groups in total. The molecule has 0 aliphatic carbocycles. The van der Waals surface area contributed by atoms with Gasteiger partial charge in [0, 0.05) is 12.1 Å². The molecule has 0 spiro atoms. The molecule has 2 aromatic rings. The van der Waals surface area contributed by atoms with Gasteiger partial charge in [-0.3, -0.25) is 10.1 Å². The number of pyridine rings is 1. The Bertz CT molecular complexity index is 746. The molecule has 0 saturated heterocycles. The van der Waals surface area contributed by atoms with Crippen LogP contribution < -0.4 is 0 Å². The molecule has 1 aromatic carbocycles. The summed E-state index contributed by atoms with van der Waals surface area (Å²) in [6.45, 7) is 0. The van der Waals surface area contributed by atoms with Crippen LogP contribution in [-0.2, 0) is 9.84 Å². The molecule has 0 atom stereocenters. The normalized spacial score (nSPS) is 11.2. The lowest BCUT2D eigenvalue weighted by molar-refractivity contribution is -0.385. The molecule has 6 nitrogen and oxygen atoms in total. The van der Waals surface area contributed by atoms with E-state index in [-0.39, 0.29) is 20.8 Å². The third kappa shape index (κ3) is 2.72. The van der Waals surface area contributed by atoms with E-state index in [1.54, 1.807) is 0 Å². The van der Waals surface area contributed by atoms with E-state index in [9.17, 15) is 18.5 Å². The monoisotopic (exact) mass is 298 g/mol. The Hall–Kier alpha value is -1.99. The smallest absolute Gasteiger partial charge is 0.258 e. The third-order valence-corrected chi connectivity index (χ3v) is 4.17. The Morgan fingerprint density at radius 1 is 1.16 bits per heavy atom. The lowest BCUT2D eigenvalue weighted by Crippen LogP contribution is -2.05. The van der Waals surface area contributed by atoms with Gasteiger partial charge in [-0.05, 0) is 18.2 Å². The second kappa shape index (κ2) is 4.94. The molecule has 1 heterocycles. The van der Waals surface area contributed by atoms with Crippen molar-refractivity contribution in [1.82, 2.24) is 4.98 Å². The second-order valence-corrected chi connectivity index (χ2v) is 5.84. The van der Waals surface area contributed by atoms with Crippen LogP contribution in [0.5, 0.6) is 0 Å². The maximum Gasteiger partial charge on any atom is 0.270 e. The number of aromatic nitrogens is 1. The number of nitrogens with zero attached hydrogens (tertiary/aromatic N) is 2. The van der Waals surface area contributed by atoms with Gasteiger partial charge in [0.2, 0.25) is 9.84 Å². The summed E-state index contributed by atoms with van der Waals surface area (Å²) in [5, 5.41) is 10.4. The highest BCUT2D eigenvalue weighted by atomic mass is 35.5. The highest BCUT2D eigenvalue weighted by Gasteiger charge is 2.21. The minimum Gasteiger partial charge on any atom is -0.258 e. The van der Waals surface area contributed by atoms with E-state index in [4.69, 9.17) is 11.6 Å². The molecule has 0 unspecified atom stereocenters. The molecule has 0 bridgehead atoms. The van der Waals surface area contributed by atoms with Crippen LogP contribution in [0.1, 0.15) is 0 Å². The molecule has 8 heteroatoms. The minimum absolute atomic E-state index is 0.0338. The third-order valence-electron chi connectivity index (χ3n) is 2.30. The Kier molecular flexibility index (Phi) is 3.50. The maximum absolute atomic E-state index is 12.2. The summed E-state index contributed by atoms with van der Waals surface area (Å²) in [5.74, 6) is 0. The summed E-state index contributed by atoms with van der Waals surface area (Å²) >= 11 is 5.64. The van der Waals surface area contributed by atoms with Crippen LogP contribution in [0.15, 0.2) is 52.4 Å². The zero-order chi connectivity index (χ0) is 14.0. The van der Waals surface area contributed by atoms with Crippen LogP contribution >= 0.6 is 11.6 Å². The first-order valence-corrected chi connectivity index (χ1v) is 6.89. The minimum atomic E-state index is -3.92. The number of hydrogen-bond donors (Lipinski definition) is 0. The van der Waals surface area contributed by atoms with Crippen LogP contribution in [0.4, 0.5) is 5.69 Å². The topological polar surface area (TPSA) is 90.2 Å². The fraction of sp³-hybridized carbons (Fsp3) is 0. The predicted molar refractivity (Wildman–Crippen MR) is 67.8 cm³/mol. The van der Waals surface area contributed by atoms with Crippen molar-refractivity contribution in [1.29, 1.82) is 0 Å². The van der Waals surface area contributed by atoms with Crippen LogP contribution in [0.25, 0.3) is 0 Å². The van der Waals surface area contributed by atoms with E-state index in [1.807, 2.05) is 0 Å². The number of nitro groups is 1. The van der Waals surface area contributed by atoms with Crippen molar-refractivity contribution >= 4 is 27.1 Å². The Balaban J connectivity index is 2.57. The van der Waals surface area contributed by atoms with Crippen LogP contribution in [-0.4, -0.2) is 18.3 Å². The van der Waals surface area contributed by atoms with E-state index in [1.165, 1.54) is 36.4 Å². The van der Waals surface area contributed by atoms with Gasteiger partial charge in [-0.2, -0.15) is 0 Å². The molecular weight excluding hydrogens is 292 g/mol. The van der Waals surface area contributed by atoms with Gasteiger partial charge >= 0.3 is 0 Å². The summed E-state index contributed by atoms with van der Waals surface area (Å²) in [7, 11) is -3.92. The highest BCUT2D eigenvalue weighted by Crippen LogP contribution is 2.23. The first-order chi connectivity index (χ1) is 8.91. The van der Waals surface area contributed by atoms with Crippen LogP contribution in [0.2, 0.25) is 5.15 Å². The summed E-state index contributed by atoms with van der Waals surface area (Å²) in [5.41, 5.74) is -0.303. The van der Waals surface area contributed by atoms with Crippen molar-refractivity contribution < 1.29 is 13.3 Å². The van der Waals surface area contributed by atoms with Gasteiger partial charge in [-0.25, -0.2) is 13.4 Å². The molecule has 1 aromatic heterocycles. The van der Waals surface area contributed by atoms with Crippen molar-refractivity contribution in [2.24, 2.45) is 0 Å². The van der Waals surface area contributed by atoms with Gasteiger partial charge in [0.15, 0.2) is 5.03 Å². The first kappa shape index (κ1) is 13.4. The SMILES string of the molecule is O=[N+]([O-])c1cccc(S(=O)(=O)c2cccc(Cl)n2)c1. The average molecular weight is 299 g/mol. The van der Waals surface area contributed by atoms with E-state index >= 15 is 0 Å². The molecule has 0 aliphatic heterocycles. The average Bonchev–Trinajstić information content (AvgIpc) is 2.39. The molecule has 0 fully saturated rings. The molecule has 2 rings (SSSR count). The largest absolute Gasteiger partial charge is 0.270 e. The Morgan fingerprint density at radius 3 is 2.47 bits per heavy atom. The highest BCUT2D eigenvalue weighted by molar-refractivity contribution is 7.91. The lowest BCUT2D eigenvalue weighted by atomic mass is 10.3. The zero-order valence-corrected chi connectivity index (χ0v) is 10.9. The number of benzene rings is 1. The number of halogens is 1. The summed E-state index contributed by atoms with van der Waals surface area (Å²) in [4.78, 5) is 13.5. The Labute approximate surface area is 113 Å². The van der Waals surface area contributed by atoms with Gasteiger partial charge < -0.3 is 0 Å². The molecular formula is C11H7ClN2O4S. The molecule has 19 heavy (non-hydrogen) atoms. The quantitative estimate of drug-likeness (QED) is 0.493. The molecule has 0 aliphatic rings. The van der Waals surface area contributed by atoms with Gasteiger partial charge in [-0.1, -0.05) is 23.7 Å². The van der Waals surface area contributed by atoms with Crippen molar-refractivity contribution in [2.75, 3.05) is 0 Å². The maximum atomic E-state index is 12.2. The number of hydrogen-bond acceptors (Lipinski definition) is 5. The van der Waals surface area contributed by atoms with Crippen molar-refractivity contribution in [3.63, 3.8) is 0 Å². The van der Waals surface area contributed by atoms with E-state index < -0.39 is 14.8 Å². The van der Waals surface area contributed by atoms with Crippen molar-refractivity contribution in [2.45, 2.75) is 9.92 Å². The van der Waals surface area contributed by atoms with E-state index in [2.05, 4.69) is 4.98 Å². The van der Waals surface area contributed by atoms with Crippen molar-refractivity contribution in [3.05, 3.63) is 57.7 Å². The molecule has 0 amide bonds. The van der Waals surface area contributed by atoms with Crippen LogP contribution in [0, 0.1) is 10.1 Å².